The fourth-order valence-corrected chi connectivity index (χ4v) is 3.41. The molecule has 0 aromatic heterocycles. The zero-order valence-corrected chi connectivity index (χ0v) is 18.9. The second-order valence-corrected chi connectivity index (χ2v) is 7.95. The molecule has 3 rings (SSSR count). The molecule has 2 aromatic rings. The summed E-state index contributed by atoms with van der Waals surface area (Å²) in [6.45, 7) is 3.41. The highest BCUT2D eigenvalue weighted by atomic mass is 79.9. The van der Waals surface area contributed by atoms with Crippen LogP contribution in [0.5, 0.6) is 11.5 Å². The number of ether oxygens (including phenoxy) is 3. The molecule has 160 valence electrons. The summed E-state index contributed by atoms with van der Waals surface area (Å²) < 4.78 is 17.6. The minimum Gasteiger partial charge on any atom is -0.493 e. The number of carbonyl (C=O) groups excluding carboxylic acids is 1. The molecule has 0 spiro atoms. The summed E-state index contributed by atoms with van der Waals surface area (Å²) in [5.41, 5.74) is 4.21. The third kappa shape index (κ3) is 6.70. The fraction of sp³-hybridized carbons (Fsp3) is 0.333. The normalized spacial score (nSPS) is 14.6. The summed E-state index contributed by atoms with van der Waals surface area (Å²) in [4.78, 5) is 14.0. The Morgan fingerprint density at radius 3 is 2.73 bits per heavy atom. The molecule has 1 heterocycles. The molecule has 2 aromatic carbocycles. The van der Waals surface area contributed by atoms with Gasteiger partial charge in [0.25, 0.3) is 5.91 Å². The van der Waals surface area contributed by atoms with E-state index in [1.807, 2.05) is 29.2 Å². The van der Waals surface area contributed by atoms with Crippen molar-refractivity contribution in [1.82, 2.24) is 10.3 Å². The van der Waals surface area contributed by atoms with Crippen LogP contribution in [0, 0.1) is 0 Å². The maximum absolute atomic E-state index is 12.0. The summed E-state index contributed by atoms with van der Waals surface area (Å²) in [6.07, 6.45) is 1.52. The number of benzene rings is 2. The molecule has 0 bridgehead atoms. The molecule has 0 saturated carbocycles. The van der Waals surface area contributed by atoms with Gasteiger partial charge in [-0.25, -0.2) is 5.43 Å². The minimum absolute atomic E-state index is 0.180. The number of methoxy groups -OCH3 is 1. The molecule has 1 N–H and O–H groups in total. The summed E-state index contributed by atoms with van der Waals surface area (Å²) in [5, 5.41) is 4.41. The standard InChI is InChI=1S/C21H23BrClN3O4/c1-28-19-11-16(12-24-25-20(27)13-26-6-8-29-9-7-26)10-18(23)21(19)30-14-15-2-4-17(22)5-3-15/h2-5,10-12H,6-9,13-14H2,1H3,(H,25,27)/b24-12-. The van der Waals surface area contributed by atoms with E-state index in [2.05, 4.69) is 26.5 Å². The Kier molecular flexibility index (Phi) is 8.50. The molecule has 1 aliphatic rings. The molecule has 0 radical (unpaired) electrons. The van der Waals surface area contributed by atoms with Gasteiger partial charge >= 0.3 is 0 Å². The van der Waals surface area contributed by atoms with Crippen molar-refractivity contribution in [1.29, 1.82) is 0 Å². The van der Waals surface area contributed by atoms with Crippen molar-refractivity contribution in [2.75, 3.05) is 40.0 Å². The molecular weight excluding hydrogens is 474 g/mol. The van der Waals surface area contributed by atoms with E-state index >= 15 is 0 Å². The van der Waals surface area contributed by atoms with Crippen molar-refractivity contribution in [2.24, 2.45) is 5.10 Å². The van der Waals surface area contributed by atoms with E-state index < -0.39 is 0 Å². The molecular formula is C21H23BrClN3O4. The Labute approximate surface area is 189 Å². The van der Waals surface area contributed by atoms with Crippen LogP contribution >= 0.6 is 27.5 Å². The lowest BCUT2D eigenvalue weighted by Gasteiger charge is -2.25. The number of carbonyl (C=O) groups is 1. The largest absolute Gasteiger partial charge is 0.493 e. The Morgan fingerprint density at radius 2 is 2.03 bits per heavy atom. The Balaban J connectivity index is 1.59. The summed E-state index contributed by atoms with van der Waals surface area (Å²) in [7, 11) is 1.54. The predicted molar refractivity (Wildman–Crippen MR) is 119 cm³/mol. The van der Waals surface area contributed by atoms with E-state index in [1.165, 1.54) is 6.21 Å². The van der Waals surface area contributed by atoms with E-state index in [9.17, 15) is 4.79 Å². The smallest absolute Gasteiger partial charge is 0.254 e. The minimum atomic E-state index is -0.180. The number of hydrazone groups is 1. The highest BCUT2D eigenvalue weighted by molar-refractivity contribution is 9.10. The zero-order valence-electron chi connectivity index (χ0n) is 16.6. The number of nitrogens with one attached hydrogen (secondary N) is 1. The lowest BCUT2D eigenvalue weighted by atomic mass is 10.2. The van der Waals surface area contributed by atoms with E-state index in [0.29, 0.717) is 41.9 Å². The van der Waals surface area contributed by atoms with Gasteiger partial charge in [0.2, 0.25) is 0 Å². The van der Waals surface area contributed by atoms with Crippen molar-refractivity contribution in [3.63, 3.8) is 0 Å². The van der Waals surface area contributed by atoms with Crippen LogP contribution in [0.15, 0.2) is 46.0 Å². The molecule has 9 heteroatoms. The number of halogens is 2. The quantitative estimate of drug-likeness (QED) is 0.448. The van der Waals surface area contributed by atoms with Crippen LogP contribution < -0.4 is 14.9 Å². The van der Waals surface area contributed by atoms with Gasteiger partial charge in [-0.05, 0) is 35.4 Å². The summed E-state index contributed by atoms with van der Waals surface area (Å²) in [6, 6.07) is 11.3. The molecule has 1 saturated heterocycles. The van der Waals surface area contributed by atoms with Crippen LogP contribution in [-0.4, -0.2) is 57.0 Å². The maximum atomic E-state index is 12.0. The van der Waals surface area contributed by atoms with Crippen LogP contribution in [0.4, 0.5) is 0 Å². The molecule has 0 aliphatic carbocycles. The number of hydrogen-bond acceptors (Lipinski definition) is 6. The molecule has 30 heavy (non-hydrogen) atoms. The van der Waals surface area contributed by atoms with Crippen molar-refractivity contribution < 1.29 is 19.0 Å². The lowest BCUT2D eigenvalue weighted by molar-refractivity contribution is -0.123. The highest BCUT2D eigenvalue weighted by Crippen LogP contribution is 2.36. The van der Waals surface area contributed by atoms with Crippen LogP contribution in [0.25, 0.3) is 0 Å². The first-order valence-corrected chi connectivity index (χ1v) is 10.6. The number of hydrogen-bond donors (Lipinski definition) is 1. The second-order valence-electron chi connectivity index (χ2n) is 6.63. The third-order valence-electron chi connectivity index (χ3n) is 4.42. The molecule has 1 fully saturated rings. The van der Waals surface area contributed by atoms with Gasteiger partial charge in [-0.15, -0.1) is 0 Å². The van der Waals surface area contributed by atoms with Crippen molar-refractivity contribution >= 4 is 39.7 Å². The van der Waals surface area contributed by atoms with Gasteiger partial charge in [0.05, 0.1) is 38.1 Å². The van der Waals surface area contributed by atoms with Crippen molar-refractivity contribution in [2.45, 2.75) is 6.61 Å². The number of nitrogens with zero attached hydrogens (tertiary/aromatic N) is 2. The fourth-order valence-electron chi connectivity index (χ4n) is 2.87. The molecule has 0 atom stereocenters. The lowest BCUT2D eigenvalue weighted by Crippen LogP contribution is -2.42. The van der Waals surface area contributed by atoms with E-state index in [1.54, 1.807) is 19.2 Å². The van der Waals surface area contributed by atoms with Crippen molar-refractivity contribution in [3.05, 3.63) is 57.0 Å². The van der Waals surface area contributed by atoms with Gasteiger partial charge in [0, 0.05) is 17.6 Å². The van der Waals surface area contributed by atoms with Crippen LogP contribution in [-0.2, 0) is 16.1 Å². The average molecular weight is 497 g/mol. The number of amides is 1. The van der Waals surface area contributed by atoms with E-state index in [-0.39, 0.29) is 12.5 Å². The highest BCUT2D eigenvalue weighted by Gasteiger charge is 2.14. The third-order valence-corrected chi connectivity index (χ3v) is 5.23. The first-order chi connectivity index (χ1) is 14.5. The molecule has 0 unspecified atom stereocenters. The summed E-state index contributed by atoms with van der Waals surface area (Å²) >= 11 is 9.81. The van der Waals surface area contributed by atoms with Gasteiger partial charge < -0.3 is 14.2 Å². The monoisotopic (exact) mass is 495 g/mol. The van der Waals surface area contributed by atoms with Crippen LogP contribution in [0.1, 0.15) is 11.1 Å². The van der Waals surface area contributed by atoms with Gasteiger partial charge in [-0.2, -0.15) is 5.10 Å². The van der Waals surface area contributed by atoms with Gasteiger partial charge in [0.1, 0.15) is 6.61 Å². The second kappa shape index (κ2) is 11.3. The van der Waals surface area contributed by atoms with Gasteiger partial charge in [0.15, 0.2) is 11.5 Å². The average Bonchev–Trinajstić information content (AvgIpc) is 2.74. The van der Waals surface area contributed by atoms with Gasteiger partial charge in [-0.1, -0.05) is 39.7 Å². The van der Waals surface area contributed by atoms with Gasteiger partial charge in [-0.3, -0.25) is 9.69 Å². The molecule has 1 amide bonds. The van der Waals surface area contributed by atoms with Crippen LogP contribution in [0.3, 0.4) is 0 Å². The zero-order chi connectivity index (χ0) is 21.3. The Bertz CT molecular complexity index is 887. The number of morpholine rings is 1. The van der Waals surface area contributed by atoms with E-state index in [4.69, 9.17) is 25.8 Å². The first kappa shape index (κ1) is 22.6. The Hall–Kier alpha value is -2.13. The van der Waals surface area contributed by atoms with Crippen LogP contribution in [0.2, 0.25) is 5.02 Å². The van der Waals surface area contributed by atoms with Crippen molar-refractivity contribution in [3.8, 4) is 11.5 Å². The molecule has 7 nitrogen and oxygen atoms in total. The molecule has 1 aliphatic heterocycles. The SMILES string of the molecule is COc1cc(/C=N\NC(=O)CN2CCOCC2)cc(Cl)c1OCc1ccc(Br)cc1. The summed E-state index contributed by atoms with van der Waals surface area (Å²) in [5.74, 6) is 0.761. The van der Waals surface area contributed by atoms with E-state index in [0.717, 1.165) is 23.1 Å². The maximum Gasteiger partial charge on any atom is 0.254 e. The Morgan fingerprint density at radius 1 is 1.30 bits per heavy atom. The number of rotatable bonds is 8. The first-order valence-electron chi connectivity index (χ1n) is 9.42. The predicted octanol–water partition coefficient (Wildman–Crippen LogP) is 3.47. The topological polar surface area (TPSA) is 72.4 Å².